The van der Waals surface area contributed by atoms with Crippen molar-refractivity contribution in [3.05, 3.63) is 0 Å². The highest BCUT2D eigenvalue weighted by Crippen LogP contribution is 2.08. The van der Waals surface area contributed by atoms with E-state index in [0.29, 0.717) is 5.75 Å². The minimum absolute atomic E-state index is 0.0676. The second-order valence-electron chi connectivity index (χ2n) is 4.24. The van der Waals surface area contributed by atoms with Gasteiger partial charge in [-0.15, -0.1) is 0 Å². The average molecular weight is 248 g/mol. The van der Waals surface area contributed by atoms with Crippen molar-refractivity contribution >= 4 is 23.6 Å². The molecule has 0 aliphatic rings. The Labute approximate surface area is 100 Å². The van der Waals surface area contributed by atoms with Crippen molar-refractivity contribution in [2.24, 2.45) is 0 Å². The molecule has 0 saturated carbocycles. The van der Waals surface area contributed by atoms with Crippen LogP contribution in [0.5, 0.6) is 0 Å². The molecule has 16 heavy (non-hydrogen) atoms. The average Bonchev–Trinajstić information content (AvgIpc) is 2.13. The molecular weight excluding hydrogens is 228 g/mol. The van der Waals surface area contributed by atoms with Crippen LogP contribution in [-0.2, 0) is 9.59 Å². The van der Waals surface area contributed by atoms with E-state index in [1.54, 1.807) is 20.8 Å². The van der Waals surface area contributed by atoms with E-state index in [1.165, 1.54) is 11.8 Å². The summed E-state index contributed by atoms with van der Waals surface area (Å²) in [6.45, 7) is 5.23. The molecule has 6 heteroatoms. The Morgan fingerprint density at radius 3 is 2.38 bits per heavy atom. The van der Waals surface area contributed by atoms with Gasteiger partial charge in [0.2, 0.25) is 0 Å². The van der Waals surface area contributed by atoms with Gasteiger partial charge in [0.05, 0.1) is 5.60 Å². The largest absolute Gasteiger partial charge is 0.387 e. The molecule has 3 N–H and O–H groups in total. The zero-order valence-electron chi connectivity index (χ0n) is 10.2. The number of carbonyl (C=O) groups excluding carboxylic acids is 2. The number of carbonyl (C=O) groups is 2. The quantitative estimate of drug-likeness (QED) is 0.586. The zero-order chi connectivity index (χ0) is 12.8. The van der Waals surface area contributed by atoms with E-state index in [2.05, 4.69) is 10.6 Å². The molecule has 0 saturated heterocycles. The summed E-state index contributed by atoms with van der Waals surface area (Å²) in [6, 6.07) is -0.0787. The van der Waals surface area contributed by atoms with E-state index in [4.69, 9.17) is 0 Å². The third-order valence-corrected chi connectivity index (χ3v) is 2.62. The number of hydrogen-bond acceptors (Lipinski definition) is 4. The van der Waals surface area contributed by atoms with Gasteiger partial charge in [-0.3, -0.25) is 9.59 Å². The minimum Gasteiger partial charge on any atom is -0.387 e. The van der Waals surface area contributed by atoms with Crippen molar-refractivity contribution in [2.45, 2.75) is 32.4 Å². The first-order valence-corrected chi connectivity index (χ1v) is 6.48. The molecule has 0 aliphatic heterocycles. The molecule has 0 radical (unpaired) electrons. The molecule has 0 aromatic rings. The summed E-state index contributed by atoms with van der Waals surface area (Å²) in [7, 11) is 0. The summed E-state index contributed by atoms with van der Waals surface area (Å²) < 4.78 is 0. The van der Waals surface area contributed by atoms with Crippen LogP contribution in [0.2, 0.25) is 0 Å². The molecule has 0 bridgehead atoms. The molecule has 2 amide bonds. The van der Waals surface area contributed by atoms with Gasteiger partial charge in [0, 0.05) is 18.3 Å². The fourth-order valence-corrected chi connectivity index (χ4v) is 1.76. The normalized spacial score (nSPS) is 14.4. The maximum absolute atomic E-state index is 11.3. The van der Waals surface area contributed by atoms with Crippen LogP contribution in [0.3, 0.4) is 0 Å². The van der Waals surface area contributed by atoms with Crippen molar-refractivity contribution in [3.8, 4) is 0 Å². The first-order chi connectivity index (χ1) is 7.28. The third kappa shape index (κ3) is 6.68. The lowest BCUT2D eigenvalue weighted by atomic mass is 10.1. The molecule has 0 aromatic heterocycles. The molecule has 0 aromatic carbocycles. The van der Waals surface area contributed by atoms with E-state index < -0.39 is 17.4 Å². The molecule has 0 aliphatic carbocycles. The van der Waals surface area contributed by atoms with Crippen LogP contribution in [0.25, 0.3) is 0 Å². The maximum atomic E-state index is 11.3. The fourth-order valence-electron chi connectivity index (χ4n) is 1.04. The van der Waals surface area contributed by atoms with E-state index in [1.807, 2.05) is 6.26 Å². The maximum Gasteiger partial charge on any atom is 0.309 e. The number of rotatable bonds is 5. The summed E-state index contributed by atoms with van der Waals surface area (Å²) >= 11 is 1.48. The molecule has 0 heterocycles. The Morgan fingerprint density at radius 1 is 1.38 bits per heavy atom. The molecule has 0 rings (SSSR count). The Bertz CT molecular complexity index is 254. The van der Waals surface area contributed by atoms with Gasteiger partial charge in [0.1, 0.15) is 0 Å². The van der Waals surface area contributed by atoms with Gasteiger partial charge in [-0.2, -0.15) is 11.8 Å². The molecule has 94 valence electrons. The summed E-state index contributed by atoms with van der Waals surface area (Å²) in [5.41, 5.74) is -0.993. The van der Waals surface area contributed by atoms with Crippen LogP contribution in [0.1, 0.15) is 20.8 Å². The molecule has 0 fully saturated rings. The summed E-state index contributed by atoms with van der Waals surface area (Å²) in [6.07, 6.45) is 1.86. The monoisotopic (exact) mass is 248 g/mol. The van der Waals surface area contributed by atoms with Gasteiger partial charge in [-0.1, -0.05) is 0 Å². The first kappa shape index (κ1) is 15.2. The Kier molecular flexibility index (Phi) is 6.43. The Balaban J connectivity index is 4.02. The predicted octanol–water partition coefficient (Wildman–Crippen LogP) is -0.259. The van der Waals surface area contributed by atoms with Gasteiger partial charge in [0.15, 0.2) is 0 Å². The number of nitrogens with one attached hydrogen (secondary N) is 2. The van der Waals surface area contributed by atoms with Crippen molar-refractivity contribution in [1.82, 2.24) is 10.6 Å². The van der Waals surface area contributed by atoms with Crippen LogP contribution < -0.4 is 10.6 Å². The molecular formula is C10H20N2O3S. The van der Waals surface area contributed by atoms with Gasteiger partial charge in [-0.05, 0) is 27.0 Å². The summed E-state index contributed by atoms with van der Waals surface area (Å²) in [5.74, 6) is -0.885. The van der Waals surface area contributed by atoms with Gasteiger partial charge < -0.3 is 15.7 Å². The fraction of sp³-hybridized carbons (Fsp3) is 0.800. The SMILES string of the molecule is CSCC(C)(O)CNC(=O)C(=O)NC(C)C. The lowest BCUT2D eigenvalue weighted by Crippen LogP contribution is -2.48. The van der Waals surface area contributed by atoms with E-state index in [9.17, 15) is 14.7 Å². The van der Waals surface area contributed by atoms with Crippen LogP contribution in [0.4, 0.5) is 0 Å². The second-order valence-corrected chi connectivity index (χ2v) is 5.11. The number of amides is 2. The minimum atomic E-state index is -0.993. The zero-order valence-corrected chi connectivity index (χ0v) is 11.0. The van der Waals surface area contributed by atoms with Gasteiger partial charge in [0.25, 0.3) is 0 Å². The predicted molar refractivity (Wildman–Crippen MR) is 65.3 cm³/mol. The highest BCUT2D eigenvalue weighted by Gasteiger charge is 2.22. The highest BCUT2D eigenvalue weighted by molar-refractivity contribution is 7.98. The summed E-state index contributed by atoms with van der Waals surface area (Å²) in [4.78, 5) is 22.5. The van der Waals surface area contributed by atoms with Crippen LogP contribution in [-0.4, -0.2) is 47.1 Å². The molecule has 5 nitrogen and oxygen atoms in total. The molecule has 1 atom stereocenters. The third-order valence-electron chi connectivity index (χ3n) is 1.71. The van der Waals surface area contributed by atoms with Crippen molar-refractivity contribution in [2.75, 3.05) is 18.6 Å². The standard InChI is InChI=1S/C10H20N2O3S/c1-7(2)12-9(14)8(13)11-5-10(3,15)6-16-4/h7,15H,5-6H2,1-4H3,(H,11,13)(H,12,14). The second kappa shape index (κ2) is 6.75. The van der Waals surface area contributed by atoms with Gasteiger partial charge >= 0.3 is 11.8 Å². The van der Waals surface area contributed by atoms with E-state index >= 15 is 0 Å². The van der Waals surface area contributed by atoms with E-state index in [0.717, 1.165) is 0 Å². The van der Waals surface area contributed by atoms with E-state index in [-0.39, 0.29) is 12.6 Å². The Hall–Kier alpha value is -0.750. The number of thioether (sulfide) groups is 1. The van der Waals surface area contributed by atoms with Crippen LogP contribution in [0, 0.1) is 0 Å². The first-order valence-electron chi connectivity index (χ1n) is 5.08. The van der Waals surface area contributed by atoms with Gasteiger partial charge in [-0.25, -0.2) is 0 Å². The number of hydrogen-bond donors (Lipinski definition) is 3. The molecule has 0 spiro atoms. The number of aliphatic hydroxyl groups is 1. The van der Waals surface area contributed by atoms with Crippen molar-refractivity contribution in [1.29, 1.82) is 0 Å². The van der Waals surface area contributed by atoms with Crippen molar-refractivity contribution < 1.29 is 14.7 Å². The lowest BCUT2D eigenvalue weighted by molar-refractivity contribution is -0.140. The van der Waals surface area contributed by atoms with Crippen LogP contribution in [0.15, 0.2) is 0 Å². The summed E-state index contributed by atoms with van der Waals surface area (Å²) in [5, 5.41) is 14.6. The van der Waals surface area contributed by atoms with Crippen molar-refractivity contribution in [3.63, 3.8) is 0 Å². The highest BCUT2D eigenvalue weighted by atomic mass is 32.2. The van der Waals surface area contributed by atoms with Crippen LogP contribution >= 0.6 is 11.8 Å². The lowest BCUT2D eigenvalue weighted by Gasteiger charge is -2.22. The Morgan fingerprint density at radius 2 is 1.94 bits per heavy atom. The molecule has 1 unspecified atom stereocenters. The smallest absolute Gasteiger partial charge is 0.309 e. The topological polar surface area (TPSA) is 78.4 Å².